The number of hydrogen-bond donors (Lipinski definition) is 1. The highest BCUT2D eigenvalue weighted by atomic mass is 16.5. The van der Waals surface area contributed by atoms with Crippen molar-refractivity contribution in [1.82, 2.24) is 20.3 Å². The van der Waals surface area contributed by atoms with Gasteiger partial charge in [-0.1, -0.05) is 6.07 Å². The van der Waals surface area contributed by atoms with Crippen LogP contribution in [0.15, 0.2) is 30.6 Å². The fraction of sp³-hybridized carbons (Fsp3) is 0.438. The molecule has 0 amide bonds. The van der Waals surface area contributed by atoms with Crippen LogP contribution in [0.1, 0.15) is 37.9 Å². The minimum Gasteiger partial charge on any atom is -0.481 e. The van der Waals surface area contributed by atoms with E-state index in [9.17, 15) is 0 Å². The smallest absolute Gasteiger partial charge is 0.212 e. The Morgan fingerprint density at radius 2 is 1.95 bits per heavy atom. The van der Waals surface area contributed by atoms with Crippen LogP contribution in [-0.2, 0) is 13.0 Å². The molecular formula is C16H22N4O. The Bertz CT molecular complexity index is 576. The van der Waals surface area contributed by atoms with E-state index in [1.807, 2.05) is 18.2 Å². The first kappa shape index (κ1) is 15.4. The molecule has 0 atom stereocenters. The van der Waals surface area contributed by atoms with E-state index < -0.39 is 0 Å². The molecule has 0 aliphatic heterocycles. The maximum atomic E-state index is 5.05. The average molecular weight is 286 g/mol. The lowest BCUT2D eigenvalue weighted by molar-refractivity contribution is 0.397. The maximum Gasteiger partial charge on any atom is 0.212 e. The van der Waals surface area contributed by atoms with Gasteiger partial charge in [0, 0.05) is 37.0 Å². The zero-order valence-electron chi connectivity index (χ0n) is 13.1. The number of nitrogens with one attached hydrogen (secondary N) is 1. The van der Waals surface area contributed by atoms with Crippen molar-refractivity contribution in [2.24, 2.45) is 0 Å². The second-order valence-electron chi connectivity index (χ2n) is 5.95. The molecule has 2 heterocycles. The van der Waals surface area contributed by atoms with Crippen LogP contribution in [0, 0.1) is 0 Å². The monoisotopic (exact) mass is 286 g/mol. The number of rotatable bonds is 5. The van der Waals surface area contributed by atoms with Crippen molar-refractivity contribution in [3.8, 4) is 5.88 Å². The van der Waals surface area contributed by atoms with Crippen LogP contribution in [0.25, 0.3) is 0 Å². The molecule has 0 radical (unpaired) electrons. The third-order valence-electron chi connectivity index (χ3n) is 2.93. The van der Waals surface area contributed by atoms with Crippen LogP contribution < -0.4 is 10.1 Å². The van der Waals surface area contributed by atoms with Crippen LogP contribution in [0.4, 0.5) is 0 Å². The van der Waals surface area contributed by atoms with Crippen molar-refractivity contribution in [1.29, 1.82) is 0 Å². The molecule has 5 nitrogen and oxygen atoms in total. The highest BCUT2D eigenvalue weighted by Gasteiger charge is 2.09. The highest BCUT2D eigenvalue weighted by molar-refractivity contribution is 5.21. The molecule has 112 valence electrons. The zero-order valence-corrected chi connectivity index (χ0v) is 13.1. The van der Waals surface area contributed by atoms with Gasteiger partial charge in [-0.3, -0.25) is 0 Å². The molecule has 0 fully saturated rings. The Balaban J connectivity index is 2.03. The van der Waals surface area contributed by atoms with Crippen LogP contribution in [0.2, 0.25) is 0 Å². The highest BCUT2D eigenvalue weighted by Crippen LogP contribution is 2.10. The fourth-order valence-corrected chi connectivity index (χ4v) is 1.80. The van der Waals surface area contributed by atoms with Gasteiger partial charge in [0.1, 0.15) is 5.82 Å². The lowest BCUT2D eigenvalue weighted by Gasteiger charge is -2.20. The van der Waals surface area contributed by atoms with Crippen LogP contribution >= 0.6 is 0 Å². The topological polar surface area (TPSA) is 59.9 Å². The first-order valence-electron chi connectivity index (χ1n) is 7.01. The molecule has 2 aromatic heterocycles. The SMILES string of the molecule is COc1ccc(Cc2nccc(CNC(C)(C)C)n2)cn1. The molecule has 0 unspecified atom stereocenters. The molecule has 0 aromatic carbocycles. The van der Waals surface area contributed by atoms with E-state index in [4.69, 9.17) is 4.74 Å². The Hall–Kier alpha value is -2.01. The van der Waals surface area contributed by atoms with E-state index in [-0.39, 0.29) is 5.54 Å². The summed E-state index contributed by atoms with van der Waals surface area (Å²) in [5.41, 5.74) is 2.14. The number of pyridine rings is 1. The zero-order chi connectivity index (χ0) is 15.3. The number of methoxy groups -OCH3 is 1. The second-order valence-corrected chi connectivity index (χ2v) is 5.95. The fourth-order valence-electron chi connectivity index (χ4n) is 1.80. The summed E-state index contributed by atoms with van der Waals surface area (Å²) in [4.78, 5) is 13.1. The van der Waals surface area contributed by atoms with Gasteiger partial charge in [0.25, 0.3) is 0 Å². The van der Waals surface area contributed by atoms with Gasteiger partial charge in [-0.2, -0.15) is 0 Å². The normalized spacial score (nSPS) is 11.4. The molecule has 0 saturated carbocycles. The Morgan fingerprint density at radius 3 is 2.57 bits per heavy atom. The predicted octanol–water partition coefficient (Wildman–Crippen LogP) is 2.36. The molecule has 5 heteroatoms. The third kappa shape index (κ3) is 5.11. The van der Waals surface area contributed by atoms with E-state index in [0.29, 0.717) is 12.3 Å². The first-order valence-corrected chi connectivity index (χ1v) is 7.01. The summed E-state index contributed by atoms with van der Waals surface area (Å²) >= 11 is 0. The summed E-state index contributed by atoms with van der Waals surface area (Å²) in [7, 11) is 1.61. The minimum absolute atomic E-state index is 0.0744. The van der Waals surface area contributed by atoms with E-state index in [0.717, 1.165) is 23.6 Å². The summed E-state index contributed by atoms with van der Waals surface area (Å²) < 4.78 is 5.05. The summed E-state index contributed by atoms with van der Waals surface area (Å²) in [5.74, 6) is 1.41. The van der Waals surface area contributed by atoms with Crippen molar-refractivity contribution in [2.45, 2.75) is 39.3 Å². The van der Waals surface area contributed by atoms with Crippen molar-refractivity contribution < 1.29 is 4.74 Å². The Kier molecular flexibility index (Phi) is 4.85. The van der Waals surface area contributed by atoms with E-state index in [1.165, 1.54) is 0 Å². The summed E-state index contributed by atoms with van der Waals surface area (Å²) in [6.07, 6.45) is 4.27. The van der Waals surface area contributed by atoms with Gasteiger partial charge in [0.15, 0.2) is 0 Å². The molecule has 1 N–H and O–H groups in total. The van der Waals surface area contributed by atoms with Crippen molar-refractivity contribution >= 4 is 0 Å². The summed E-state index contributed by atoms with van der Waals surface area (Å²) in [6.45, 7) is 7.15. The van der Waals surface area contributed by atoms with Gasteiger partial charge in [-0.25, -0.2) is 15.0 Å². The number of aromatic nitrogens is 3. The standard InChI is InChI=1S/C16H22N4O/c1-16(2,3)19-11-13-7-8-17-14(20-13)9-12-5-6-15(21-4)18-10-12/h5-8,10,19H,9,11H2,1-4H3. The van der Waals surface area contributed by atoms with Gasteiger partial charge in [-0.15, -0.1) is 0 Å². The van der Waals surface area contributed by atoms with Gasteiger partial charge >= 0.3 is 0 Å². The van der Waals surface area contributed by atoms with Gasteiger partial charge in [0.2, 0.25) is 5.88 Å². The largest absolute Gasteiger partial charge is 0.481 e. The maximum absolute atomic E-state index is 5.05. The van der Waals surface area contributed by atoms with Crippen LogP contribution in [0.5, 0.6) is 5.88 Å². The average Bonchev–Trinajstić information content (AvgIpc) is 2.46. The van der Waals surface area contributed by atoms with Crippen LogP contribution in [-0.4, -0.2) is 27.6 Å². The molecule has 0 aliphatic rings. The lowest BCUT2D eigenvalue weighted by atomic mass is 10.1. The number of ether oxygens (including phenoxy) is 1. The lowest BCUT2D eigenvalue weighted by Crippen LogP contribution is -2.35. The summed E-state index contributed by atoms with van der Waals surface area (Å²) in [5, 5.41) is 3.43. The molecule has 2 aromatic rings. The summed E-state index contributed by atoms with van der Waals surface area (Å²) in [6, 6.07) is 5.77. The molecule has 0 saturated heterocycles. The van der Waals surface area contributed by atoms with E-state index in [2.05, 4.69) is 41.0 Å². The van der Waals surface area contributed by atoms with E-state index >= 15 is 0 Å². The third-order valence-corrected chi connectivity index (χ3v) is 2.93. The quantitative estimate of drug-likeness (QED) is 0.914. The van der Waals surface area contributed by atoms with Crippen molar-refractivity contribution in [3.05, 3.63) is 47.7 Å². The van der Waals surface area contributed by atoms with Gasteiger partial charge in [-0.05, 0) is 32.4 Å². The Labute approximate surface area is 125 Å². The molecule has 21 heavy (non-hydrogen) atoms. The molecule has 0 aliphatic carbocycles. The number of nitrogens with zero attached hydrogens (tertiary/aromatic N) is 3. The minimum atomic E-state index is 0.0744. The van der Waals surface area contributed by atoms with Crippen molar-refractivity contribution in [2.75, 3.05) is 7.11 Å². The second kappa shape index (κ2) is 6.63. The Morgan fingerprint density at radius 1 is 1.14 bits per heavy atom. The predicted molar refractivity (Wildman–Crippen MR) is 82.2 cm³/mol. The first-order chi connectivity index (χ1) is 9.96. The molecule has 2 rings (SSSR count). The molecular weight excluding hydrogens is 264 g/mol. The van der Waals surface area contributed by atoms with E-state index in [1.54, 1.807) is 19.5 Å². The molecule has 0 spiro atoms. The molecule has 0 bridgehead atoms. The number of hydrogen-bond acceptors (Lipinski definition) is 5. The van der Waals surface area contributed by atoms with Gasteiger partial charge < -0.3 is 10.1 Å². The van der Waals surface area contributed by atoms with Crippen LogP contribution in [0.3, 0.4) is 0 Å². The van der Waals surface area contributed by atoms with Gasteiger partial charge in [0.05, 0.1) is 12.8 Å². The van der Waals surface area contributed by atoms with Crippen molar-refractivity contribution in [3.63, 3.8) is 0 Å².